The fraction of sp³-hybridized carbons (Fsp3) is 0.111. The van der Waals surface area contributed by atoms with Crippen molar-refractivity contribution in [2.24, 2.45) is 0 Å². The maximum atomic E-state index is 12.0. The molecule has 1 rings (SSSR count). The molecule has 0 aliphatic carbocycles. The highest BCUT2D eigenvalue weighted by Crippen LogP contribution is 2.32. The smallest absolute Gasteiger partial charge is 0.339 e. The molecule has 0 radical (unpaired) electrons. The largest absolute Gasteiger partial charge is 0.478 e. The zero-order valence-electron chi connectivity index (χ0n) is 8.01. The predicted octanol–water partition coefficient (Wildman–Crippen LogP) is 2.90. The summed E-state index contributed by atoms with van der Waals surface area (Å²) in [5.74, 6) is -3.14. The number of alkyl halides is 2. The van der Waals surface area contributed by atoms with Crippen molar-refractivity contribution in [2.75, 3.05) is 5.32 Å². The van der Waals surface area contributed by atoms with E-state index >= 15 is 0 Å². The summed E-state index contributed by atoms with van der Waals surface area (Å²) in [7, 11) is 0. The Morgan fingerprint density at radius 2 is 1.76 bits per heavy atom. The SMILES string of the molecule is O=C(O)c1c(Cl)ccc(Cl)c1NC(=O)C(F)F. The highest BCUT2D eigenvalue weighted by molar-refractivity contribution is 6.38. The molecule has 0 fully saturated rings. The number of carboxylic acid groups (broad SMARTS) is 1. The van der Waals surface area contributed by atoms with Crippen molar-refractivity contribution in [3.63, 3.8) is 0 Å². The zero-order chi connectivity index (χ0) is 13.2. The van der Waals surface area contributed by atoms with Gasteiger partial charge in [-0.15, -0.1) is 0 Å². The van der Waals surface area contributed by atoms with Crippen LogP contribution < -0.4 is 5.32 Å². The van der Waals surface area contributed by atoms with Crippen LogP contribution in [0.3, 0.4) is 0 Å². The lowest BCUT2D eigenvalue weighted by Gasteiger charge is -2.11. The van der Waals surface area contributed by atoms with Crippen LogP contribution in [0.2, 0.25) is 10.0 Å². The fourth-order valence-corrected chi connectivity index (χ4v) is 1.50. The van der Waals surface area contributed by atoms with Gasteiger partial charge in [0.1, 0.15) is 5.56 Å². The molecule has 0 heterocycles. The minimum Gasteiger partial charge on any atom is -0.478 e. The van der Waals surface area contributed by atoms with Crippen molar-refractivity contribution in [3.05, 3.63) is 27.7 Å². The molecular weight excluding hydrogens is 279 g/mol. The van der Waals surface area contributed by atoms with E-state index in [0.29, 0.717) is 0 Å². The molecule has 1 aromatic carbocycles. The van der Waals surface area contributed by atoms with Gasteiger partial charge in [0.2, 0.25) is 0 Å². The van der Waals surface area contributed by atoms with Crippen LogP contribution in [0.25, 0.3) is 0 Å². The van der Waals surface area contributed by atoms with Crippen LogP contribution in [0, 0.1) is 0 Å². The Morgan fingerprint density at radius 3 is 2.24 bits per heavy atom. The van der Waals surface area contributed by atoms with Gasteiger partial charge in [-0.3, -0.25) is 4.79 Å². The standard InChI is InChI=1S/C9H5Cl2F2NO3/c10-3-1-2-4(11)6(5(3)9(16)17)14-8(15)7(12)13/h1-2,7H,(H,14,15)(H,16,17). The molecule has 1 amide bonds. The summed E-state index contributed by atoms with van der Waals surface area (Å²) < 4.78 is 24.1. The molecule has 0 saturated carbocycles. The number of aromatic carboxylic acids is 1. The summed E-state index contributed by atoms with van der Waals surface area (Å²) in [5.41, 5.74) is -0.981. The topological polar surface area (TPSA) is 66.4 Å². The zero-order valence-corrected chi connectivity index (χ0v) is 9.52. The van der Waals surface area contributed by atoms with Crippen molar-refractivity contribution >= 4 is 40.8 Å². The first kappa shape index (κ1) is 13.7. The number of hydrogen-bond acceptors (Lipinski definition) is 2. The number of carboxylic acids is 1. The second-order valence-electron chi connectivity index (χ2n) is 2.87. The van der Waals surface area contributed by atoms with Gasteiger partial charge in [-0.1, -0.05) is 23.2 Å². The highest BCUT2D eigenvalue weighted by Gasteiger charge is 2.23. The molecule has 0 unspecified atom stereocenters. The summed E-state index contributed by atoms with van der Waals surface area (Å²) >= 11 is 11.2. The summed E-state index contributed by atoms with van der Waals surface area (Å²) in [6, 6.07) is 2.38. The van der Waals surface area contributed by atoms with Gasteiger partial charge in [-0.05, 0) is 12.1 Å². The predicted molar refractivity (Wildman–Crippen MR) is 58.1 cm³/mol. The van der Waals surface area contributed by atoms with Gasteiger partial charge in [0.25, 0.3) is 5.91 Å². The molecule has 0 atom stereocenters. The maximum Gasteiger partial charge on any atom is 0.339 e. The van der Waals surface area contributed by atoms with E-state index in [1.54, 1.807) is 5.32 Å². The Hall–Kier alpha value is -1.40. The van der Waals surface area contributed by atoms with E-state index in [9.17, 15) is 18.4 Å². The van der Waals surface area contributed by atoms with Gasteiger partial charge in [0.15, 0.2) is 0 Å². The van der Waals surface area contributed by atoms with Crippen molar-refractivity contribution in [1.29, 1.82) is 0 Å². The molecule has 0 aromatic heterocycles. The summed E-state index contributed by atoms with van der Waals surface area (Å²) in [6.45, 7) is 0. The molecule has 2 N–H and O–H groups in total. The number of hydrogen-bond donors (Lipinski definition) is 2. The molecule has 0 aliphatic rings. The normalized spacial score (nSPS) is 10.4. The third kappa shape index (κ3) is 3.04. The minimum atomic E-state index is -3.29. The molecule has 92 valence electrons. The second kappa shape index (κ2) is 5.29. The van der Waals surface area contributed by atoms with E-state index < -0.39 is 29.6 Å². The van der Waals surface area contributed by atoms with E-state index in [4.69, 9.17) is 28.3 Å². The lowest BCUT2D eigenvalue weighted by atomic mass is 10.1. The van der Waals surface area contributed by atoms with Gasteiger partial charge in [-0.25, -0.2) is 4.79 Å². The van der Waals surface area contributed by atoms with Gasteiger partial charge >= 0.3 is 12.4 Å². The Labute approximate surface area is 104 Å². The lowest BCUT2D eigenvalue weighted by molar-refractivity contribution is -0.126. The van der Waals surface area contributed by atoms with Crippen LogP contribution in [0.15, 0.2) is 12.1 Å². The minimum absolute atomic E-state index is 0.194. The van der Waals surface area contributed by atoms with E-state index in [1.165, 1.54) is 12.1 Å². The molecule has 1 aromatic rings. The van der Waals surface area contributed by atoms with Crippen molar-refractivity contribution in [2.45, 2.75) is 6.43 Å². The number of anilines is 1. The van der Waals surface area contributed by atoms with Gasteiger partial charge in [0.05, 0.1) is 15.7 Å². The number of nitrogens with one attached hydrogen (secondary N) is 1. The monoisotopic (exact) mass is 283 g/mol. The van der Waals surface area contributed by atoms with Gasteiger partial charge < -0.3 is 10.4 Å². The van der Waals surface area contributed by atoms with Crippen LogP contribution in [0.4, 0.5) is 14.5 Å². The van der Waals surface area contributed by atoms with Crippen LogP contribution in [0.5, 0.6) is 0 Å². The average Bonchev–Trinajstić information content (AvgIpc) is 2.22. The lowest BCUT2D eigenvalue weighted by Crippen LogP contribution is -2.22. The number of carbonyl (C=O) groups excluding carboxylic acids is 1. The number of rotatable bonds is 3. The second-order valence-corrected chi connectivity index (χ2v) is 3.69. The molecular formula is C9H5Cl2F2NO3. The number of benzene rings is 1. The molecule has 17 heavy (non-hydrogen) atoms. The van der Waals surface area contributed by atoms with E-state index in [2.05, 4.69) is 0 Å². The Balaban J connectivity index is 3.26. The van der Waals surface area contributed by atoms with E-state index in [1.807, 2.05) is 0 Å². The van der Waals surface area contributed by atoms with Crippen LogP contribution >= 0.6 is 23.2 Å². The quantitative estimate of drug-likeness (QED) is 0.896. The van der Waals surface area contributed by atoms with Crippen molar-refractivity contribution < 1.29 is 23.5 Å². The van der Waals surface area contributed by atoms with E-state index in [-0.39, 0.29) is 10.0 Å². The molecule has 0 saturated heterocycles. The van der Waals surface area contributed by atoms with Crippen LogP contribution in [0.1, 0.15) is 10.4 Å². The molecule has 4 nitrogen and oxygen atoms in total. The van der Waals surface area contributed by atoms with Crippen LogP contribution in [-0.4, -0.2) is 23.4 Å². The summed E-state index contributed by atoms with van der Waals surface area (Å²) in [5, 5.41) is 10.1. The Morgan fingerprint density at radius 1 is 1.24 bits per heavy atom. The molecule has 0 bridgehead atoms. The number of halogens is 4. The molecule has 0 aliphatic heterocycles. The first-order chi connectivity index (χ1) is 7.84. The average molecular weight is 284 g/mol. The number of carbonyl (C=O) groups is 2. The van der Waals surface area contributed by atoms with Gasteiger partial charge in [0, 0.05) is 0 Å². The Kier molecular flexibility index (Phi) is 4.25. The van der Waals surface area contributed by atoms with Gasteiger partial charge in [-0.2, -0.15) is 8.78 Å². The van der Waals surface area contributed by atoms with Crippen molar-refractivity contribution in [1.82, 2.24) is 0 Å². The third-order valence-electron chi connectivity index (χ3n) is 1.76. The number of amides is 1. The molecule has 8 heteroatoms. The third-order valence-corrected chi connectivity index (χ3v) is 2.39. The first-order valence-corrected chi connectivity index (χ1v) is 4.90. The van der Waals surface area contributed by atoms with E-state index in [0.717, 1.165) is 0 Å². The van der Waals surface area contributed by atoms with Crippen molar-refractivity contribution in [3.8, 4) is 0 Å². The highest BCUT2D eigenvalue weighted by atomic mass is 35.5. The van der Waals surface area contributed by atoms with Crippen LogP contribution in [-0.2, 0) is 4.79 Å². The fourth-order valence-electron chi connectivity index (χ4n) is 1.06. The molecule has 0 spiro atoms. The summed E-state index contributed by atoms with van der Waals surface area (Å²) in [4.78, 5) is 21.7. The Bertz CT molecular complexity index is 480. The maximum absolute atomic E-state index is 12.0. The summed E-state index contributed by atoms with van der Waals surface area (Å²) in [6.07, 6.45) is -3.29. The first-order valence-electron chi connectivity index (χ1n) is 4.15.